The molecule has 0 radical (unpaired) electrons. The number of hydrogen-bond acceptors (Lipinski definition) is 6. The summed E-state index contributed by atoms with van der Waals surface area (Å²) in [5, 5.41) is 20.7. The second kappa shape index (κ2) is 8.68. The number of nitrogens with two attached hydrogens (primary N) is 1. The maximum absolute atomic E-state index is 12.7. The first-order chi connectivity index (χ1) is 13.7. The molecule has 0 aliphatic rings. The average molecular weight is 435 g/mol. The summed E-state index contributed by atoms with van der Waals surface area (Å²) in [6, 6.07) is 12.7. The Bertz CT molecular complexity index is 1100. The van der Waals surface area contributed by atoms with Crippen LogP contribution in [0, 0.1) is 0 Å². The lowest BCUT2D eigenvalue weighted by Crippen LogP contribution is -2.27. The second-order valence-corrected chi connectivity index (χ2v) is 8.41. The summed E-state index contributed by atoms with van der Waals surface area (Å²) >= 11 is 5.89. The molecule has 1 unspecified atom stereocenters. The Morgan fingerprint density at radius 3 is 2.41 bits per heavy atom. The van der Waals surface area contributed by atoms with Gasteiger partial charge in [0.15, 0.2) is 6.04 Å². The van der Waals surface area contributed by atoms with Crippen LogP contribution in [0.25, 0.3) is 11.4 Å². The molecule has 1 aromatic heterocycles. The van der Waals surface area contributed by atoms with Gasteiger partial charge in [0.05, 0.1) is 5.75 Å². The van der Waals surface area contributed by atoms with Gasteiger partial charge in [0.25, 0.3) is 5.91 Å². The molecule has 3 aromatic rings. The number of nitrogens with zero attached hydrogens (tertiary/aromatic N) is 4. The fourth-order valence-electron chi connectivity index (χ4n) is 2.67. The normalized spacial score (nSPS) is 12.5. The van der Waals surface area contributed by atoms with E-state index in [1.165, 1.54) is 4.80 Å². The molecule has 1 heterocycles. The first kappa shape index (κ1) is 20.9. The van der Waals surface area contributed by atoms with Gasteiger partial charge in [0, 0.05) is 16.3 Å². The lowest BCUT2D eigenvalue weighted by molar-refractivity contribution is -0.119. The minimum absolute atomic E-state index is 0.269. The molecular weight excluding hydrogens is 416 g/mol. The number of hydrogen-bond donors (Lipinski definition) is 2. The molecule has 29 heavy (non-hydrogen) atoms. The van der Waals surface area contributed by atoms with Crippen molar-refractivity contribution in [3.63, 3.8) is 0 Å². The third-order valence-corrected chi connectivity index (χ3v) is 5.08. The van der Waals surface area contributed by atoms with Gasteiger partial charge in [-0.05, 0) is 53.6 Å². The number of carbonyl (C=O) groups is 1. The molecule has 1 atom stereocenters. The highest BCUT2D eigenvalue weighted by Gasteiger charge is 2.22. The molecular formula is C18H19ClN6O3S. The molecule has 0 bridgehead atoms. The number of halogens is 1. The number of carbonyl (C=O) groups excluding carboxylic acids is 1. The van der Waals surface area contributed by atoms with Gasteiger partial charge in [-0.1, -0.05) is 30.7 Å². The van der Waals surface area contributed by atoms with Crippen molar-refractivity contribution in [3.05, 3.63) is 59.1 Å². The van der Waals surface area contributed by atoms with Crippen LogP contribution in [-0.2, 0) is 20.6 Å². The van der Waals surface area contributed by atoms with Gasteiger partial charge >= 0.3 is 0 Å². The van der Waals surface area contributed by atoms with Gasteiger partial charge in [0.2, 0.25) is 15.8 Å². The van der Waals surface area contributed by atoms with Crippen molar-refractivity contribution in [2.45, 2.75) is 25.1 Å². The standard InChI is InChI=1S/C18H19ClN6O3S/c1-2-16(25-23-17(22-24-25)13-5-7-14(19)8-6-13)18(26)21-15-9-3-12(4-10-15)11-29(20,27)28/h3-10,16H,2,11H2,1H3,(H,21,26)(H2,20,27,28). The second-order valence-electron chi connectivity index (χ2n) is 6.36. The van der Waals surface area contributed by atoms with Crippen LogP contribution in [-0.4, -0.2) is 34.5 Å². The number of primary sulfonamides is 1. The largest absolute Gasteiger partial charge is 0.324 e. The van der Waals surface area contributed by atoms with E-state index in [0.29, 0.717) is 28.5 Å². The molecule has 9 nitrogen and oxygen atoms in total. The lowest BCUT2D eigenvalue weighted by Gasteiger charge is -2.13. The topological polar surface area (TPSA) is 133 Å². The number of rotatable bonds is 7. The number of nitrogens with one attached hydrogen (secondary N) is 1. The van der Waals surface area contributed by atoms with Gasteiger partial charge in [-0.3, -0.25) is 4.79 Å². The predicted molar refractivity (Wildman–Crippen MR) is 109 cm³/mol. The fourth-order valence-corrected chi connectivity index (χ4v) is 3.45. The Labute approximate surface area is 172 Å². The zero-order valence-electron chi connectivity index (χ0n) is 15.5. The maximum atomic E-state index is 12.7. The highest BCUT2D eigenvalue weighted by Crippen LogP contribution is 2.19. The Morgan fingerprint density at radius 1 is 1.17 bits per heavy atom. The molecule has 152 valence electrons. The highest BCUT2D eigenvalue weighted by atomic mass is 35.5. The number of tetrazole rings is 1. The molecule has 11 heteroatoms. The molecule has 0 spiro atoms. The zero-order valence-corrected chi connectivity index (χ0v) is 17.1. The van der Waals surface area contributed by atoms with Crippen LogP contribution in [0.5, 0.6) is 0 Å². The first-order valence-electron chi connectivity index (χ1n) is 8.71. The monoisotopic (exact) mass is 434 g/mol. The molecule has 3 rings (SSSR count). The molecule has 2 aromatic carbocycles. The third kappa shape index (κ3) is 5.59. The molecule has 3 N–H and O–H groups in total. The highest BCUT2D eigenvalue weighted by molar-refractivity contribution is 7.88. The van der Waals surface area contributed by atoms with Crippen molar-refractivity contribution >= 4 is 33.2 Å². The van der Waals surface area contributed by atoms with E-state index in [1.54, 1.807) is 48.5 Å². The summed E-state index contributed by atoms with van der Waals surface area (Å²) in [4.78, 5) is 13.9. The summed E-state index contributed by atoms with van der Waals surface area (Å²) in [6.07, 6.45) is 0.450. The third-order valence-electron chi connectivity index (χ3n) is 4.09. The quantitative estimate of drug-likeness (QED) is 0.586. The summed E-state index contributed by atoms with van der Waals surface area (Å²) in [6.45, 7) is 1.84. The number of sulfonamides is 1. The molecule has 0 saturated carbocycles. The van der Waals surface area contributed by atoms with Gasteiger partial charge in [-0.15, -0.1) is 10.2 Å². The van der Waals surface area contributed by atoms with Crippen LogP contribution in [0.2, 0.25) is 5.02 Å². The van der Waals surface area contributed by atoms with Crippen molar-refractivity contribution in [1.29, 1.82) is 0 Å². The maximum Gasteiger partial charge on any atom is 0.251 e. The number of anilines is 1. The first-order valence-corrected chi connectivity index (χ1v) is 10.8. The smallest absolute Gasteiger partial charge is 0.251 e. The average Bonchev–Trinajstić information content (AvgIpc) is 3.13. The molecule has 0 fully saturated rings. The van der Waals surface area contributed by atoms with Crippen LogP contribution in [0.4, 0.5) is 5.69 Å². The summed E-state index contributed by atoms with van der Waals surface area (Å²) in [5.74, 6) is -0.193. The van der Waals surface area contributed by atoms with Crippen LogP contribution in [0.15, 0.2) is 48.5 Å². The molecule has 1 amide bonds. The van der Waals surface area contributed by atoms with E-state index < -0.39 is 16.1 Å². The summed E-state index contributed by atoms with van der Waals surface area (Å²) in [7, 11) is -3.61. The van der Waals surface area contributed by atoms with E-state index in [4.69, 9.17) is 16.7 Å². The molecule has 0 saturated heterocycles. The van der Waals surface area contributed by atoms with Crippen LogP contribution < -0.4 is 10.5 Å². The van der Waals surface area contributed by atoms with Crippen molar-refractivity contribution in [1.82, 2.24) is 20.2 Å². The Kier molecular flexibility index (Phi) is 6.26. The Morgan fingerprint density at radius 2 is 1.83 bits per heavy atom. The van der Waals surface area contributed by atoms with Crippen molar-refractivity contribution < 1.29 is 13.2 Å². The van der Waals surface area contributed by atoms with Gasteiger partial charge in [-0.2, -0.15) is 4.80 Å². The van der Waals surface area contributed by atoms with Gasteiger partial charge in [0.1, 0.15) is 0 Å². The summed E-state index contributed by atoms with van der Waals surface area (Å²) < 4.78 is 22.3. The number of amides is 1. The van der Waals surface area contributed by atoms with Crippen LogP contribution in [0.3, 0.4) is 0 Å². The van der Waals surface area contributed by atoms with Crippen molar-refractivity contribution in [3.8, 4) is 11.4 Å². The zero-order chi connectivity index (χ0) is 21.0. The number of benzene rings is 2. The van der Waals surface area contributed by atoms with E-state index in [2.05, 4.69) is 20.7 Å². The van der Waals surface area contributed by atoms with Crippen LogP contribution >= 0.6 is 11.6 Å². The summed E-state index contributed by atoms with van der Waals surface area (Å²) in [5.41, 5.74) is 1.79. The minimum atomic E-state index is -3.61. The molecule has 0 aliphatic heterocycles. The van der Waals surface area contributed by atoms with E-state index in [1.807, 2.05) is 6.92 Å². The SMILES string of the molecule is CCC(C(=O)Nc1ccc(CS(N)(=O)=O)cc1)n1nnc(-c2ccc(Cl)cc2)n1. The fraction of sp³-hybridized carbons (Fsp3) is 0.222. The minimum Gasteiger partial charge on any atom is -0.324 e. The van der Waals surface area contributed by atoms with Crippen molar-refractivity contribution in [2.24, 2.45) is 5.14 Å². The number of aromatic nitrogens is 4. The Balaban J connectivity index is 1.71. The van der Waals surface area contributed by atoms with E-state index >= 15 is 0 Å². The lowest BCUT2D eigenvalue weighted by atomic mass is 10.2. The Hall–Kier alpha value is -2.82. The van der Waals surface area contributed by atoms with Crippen molar-refractivity contribution in [2.75, 3.05) is 5.32 Å². The molecule has 0 aliphatic carbocycles. The van der Waals surface area contributed by atoms with Crippen LogP contribution in [0.1, 0.15) is 24.9 Å². The van der Waals surface area contributed by atoms with E-state index in [-0.39, 0.29) is 11.7 Å². The van der Waals surface area contributed by atoms with Gasteiger partial charge in [-0.25, -0.2) is 13.6 Å². The predicted octanol–water partition coefficient (Wildman–Crippen LogP) is 2.37. The van der Waals surface area contributed by atoms with E-state index in [0.717, 1.165) is 5.56 Å². The van der Waals surface area contributed by atoms with Gasteiger partial charge < -0.3 is 5.32 Å². The van der Waals surface area contributed by atoms with E-state index in [9.17, 15) is 13.2 Å².